The topological polar surface area (TPSA) is 30.2 Å². The molecule has 1 aromatic heterocycles. The Kier molecular flexibility index (Phi) is 3.87. The van der Waals surface area contributed by atoms with E-state index in [-0.39, 0.29) is 11.7 Å². The first-order valence-electron chi connectivity index (χ1n) is 7.29. The monoisotopic (exact) mass is 278 g/mol. The number of hydrogen-bond donors (Lipinski definition) is 0. The van der Waals surface area contributed by atoms with Gasteiger partial charge >= 0.3 is 0 Å². The van der Waals surface area contributed by atoms with E-state index in [2.05, 4.69) is 12.1 Å². The molecule has 0 aliphatic rings. The second-order valence-electron chi connectivity index (χ2n) is 5.36. The Morgan fingerprint density at radius 2 is 1.76 bits per heavy atom. The molecule has 2 aromatic carbocycles. The summed E-state index contributed by atoms with van der Waals surface area (Å²) in [5.41, 5.74) is 2.04. The van der Waals surface area contributed by atoms with Crippen molar-refractivity contribution in [2.24, 2.45) is 0 Å². The van der Waals surface area contributed by atoms with Crippen molar-refractivity contribution in [1.82, 2.24) is 0 Å². The van der Waals surface area contributed by atoms with Gasteiger partial charge in [0.2, 0.25) is 0 Å². The molecule has 2 nitrogen and oxygen atoms in total. The van der Waals surface area contributed by atoms with Crippen LogP contribution >= 0.6 is 0 Å². The minimum atomic E-state index is -0.193. The Labute approximate surface area is 124 Å². The fourth-order valence-electron chi connectivity index (χ4n) is 2.50. The smallest absolute Gasteiger partial charge is 0.143 e. The maximum atomic E-state index is 12.3. The summed E-state index contributed by atoms with van der Waals surface area (Å²) in [5.74, 6) is 0.785. The van der Waals surface area contributed by atoms with E-state index in [0.29, 0.717) is 6.42 Å². The highest BCUT2D eigenvalue weighted by Gasteiger charge is 2.19. The SMILES string of the molecule is C[C@H](C(=O)CCc1ccccc1)c1cc2ccccc2o1. The van der Waals surface area contributed by atoms with Crippen molar-refractivity contribution >= 4 is 16.8 Å². The molecule has 0 N–H and O–H groups in total. The van der Waals surface area contributed by atoms with E-state index in [0.717, 1.165) is 23.2 Å². The van der Waals surface area contributed by atoms with Crippen LogP contribution in [0, 0.1) is 0 Å². The quantitative estimate of drug-likeness (QED) is 0.675. The summed E-state index contributed by atoms with van der Waals surface area (Å²) in [6.07, 6.45) is 1.33. The lowest BCUT2D eigenvalue weighted by molar-refractivity contribution is -0.120. The van der Waals surface area contributed by atoms with E-state index in [1.807, 2.05) is 55.5 Å². The van der Waals surface area contributed by atoms with E-state index in [1.165, 1.54) is 5.56 Å². The van der Waals surface area contributed by atoms with Gasteiger partial charge in [-0.15, -0.1) is 0 Å². The third-order valence-electron chi connectivity index (χ3n) is 3.86. The normalized spacial score (nSPS) is 12.4. The molecule has 0 saturated carbocycles. The molecular formula is C19H18O2. The molecule has 21 heavy (non-hydrogen) atoms. The Hall–Kier alpha value is -2.35. The summed E-state index contributed by atoms with van der Waals surface area (Å²) in [5, 5.41) is 1.05. The lowest BCUT2D eigenvalue weighted by Gasteiger charge is -2.07. The van der Waals surface area contributed by atoms with Crippen LogP contribution in [0.4, 0.5) is 0 Å². The summed E-state index contributed by atoms with van der Waals surface area (Å²) >= 11 is 0. The molecule has 0 unspecified atom stereocenters. The molecule has 2 heteroatoms. The number of hydrogen-bond acceptors (Lipinski definition) is 2. The van der Waals surface area contributed by atoms with Gasteiger partial charge in [-0.1, -0.05) is 48.5 Å². The zero-order valence-corrected chi connectivity index (χ0v) is 12.1. The predicted molar refractivity (Wildman–Crippen MR) is 84.4 cm³/mol. The van der Waals surface area contributed by atoms with Crippen LogP contribution in [0.25, 0.3) is 11.0 Å². The molecule has 0 fully saturated rings. The molecule has 0 aliphatic carbocycles. The fourth-order valence-corrected chi connectivity index (χ4v) is 2.50. The van der Waals surface area contributed by atoms with Gasteiger partial charge in [-0.3, -0.25) is 4.79 Å². The zero-order chi connectivity index (χ0) is 14.7. The van der Waals surface area contributed by atoms with E-state index in [9.17, 15) is 4.79 Å². The van der Waals surface area contributed by atoms with Gasteiger partial charge in [0.25, 0.3) is 0 Å². The summed E-state index contributed by atoms with van der Waals surface area (Å²) < 4.78 is 5.78. The number of carbonyl (C=O) groups excluding carboxylic acids is 1. The van der Waals surface area contributed by atoms with Gasteiger partial charge in [0, 0.05) is 11.8 Å². The number of ketones is 1. The van der Waals surface area contributed by atoms with Crippen LogP contribution in [-0.4, -0.2) is 5.78 Å². The van der Waals surface area contributed by atoms with Crippen molar-refractivity contribution in [1.29, 1.82) is 0 Å². The van der Waals surface area contributed by atoms with Gasteiger partial charge in [0.1, 0.15) is 17.1 Å². The molecule has 0 radical (unpaired) electrons. The number of Topliss-reactive ketones (excluding diaryl/α,β-unsaturated/α-hetero) is 1. The standard InChI is InChI=1S/C19H18O2/c1-14(17(20)12-11-15-7-3-2-4-8-15)19-13-16-9-5-6-10-18(16)21-19/h2-10,13-14H,11-12H2,1H3/t14-/m1/s1. The number of aryl methyl sites for hydroxylation is 1. The van der Waals surface area contributed by atoms with E-state index < -0.39 is 0 Å². The summed E-state index contributed by atoms with van der Waals surface area (Å²) in [6.45, 7) is 1.92. The van der Waals surface area contributed by atoms with E-state index in [1.54, 1.807) is 0 Å². The molecule has 1 heterocycles. The average Bonchev–Trinajstić information content (AvgIpc) is 2.97. The molecule has 106 valence electrons. The van der Waals surface area contributed by atoms with Gasteiger partial charge < -0.3 is 4.42 Å². The highest BCUT2D eigenvalue weighted by atomic mass is 16.3. The molecule has 0 aliphatic heterocycles. The summed E-state index contributed by atoms with van der Waals surface area (Å²) in [6, 6.07) is 19.9. The highest BCUT2D eigenvalue weighted by Crippen LogP contribution is 2.26. The first kappa shape index (κ1) is 13.6. The second-order valence-corrected chi connectivity index (χ2v) is 5.36. The molecule has 0 amide bonds. The van der Waals surface area contributed by atoms with Crippen molar-refractivity contribution in [2.75, 3.05) is 0 Å². The molecular weight excluding hydrogens is 260 g/mol. The second kappa shape index (κ2) is 5.96. The number of para-hydroxylation sites is 1. The predicted octanol–water partition coefficient (Wildman–Crippen LogP) is 4.74. The molecule has 1 atom stereocenters. The van der Waals surface area contributed by atoms with Gasteiger partial charge in [-0.2, -0.15) is 0 Å². The van der Waals surface area contributed by atoms with Crippen LogP contribution in [0.1, 0.15) is 30.6 Å². The highest BCUT2D eigenvalue weighted by molar-refractivity contribution is 5.87. The number of furan rings is 1. The van der Waals surface area contributed by atoms with Gasteiger partial charge in [-0.25, -0.2) is 0 Å². The van der Waals surface area contributed by atoms with Crippen LogP contribution in [0.5, 0.6) is 0 Å². The fraction of sp³-hybridized carbons (Fsp3) is 0.211. The van der Waals surface area contributed by atoms with Crippen molar-refractivity contribution in [2.45, 2.75) is 25.7 Å². The molecule has 0 bridgehead atoms. The van der Waals surface area contributed by atoms with Crippen molar-refractivity contribution in [3.8, 4) is 0 Å². The summed E-state index contributed by atoms with van der Waals surface area (Å²) in [4.78, 5) is 12.3. The zero-order valence-electron chi connectivity index (χ0n) is 12.1. The van der Waals surface area contributed by atoms with Crippen LogP contribution < -0.4 is 0 Å². The van der Waals surface area contributed by atoms with Gasteiger partial charge in [0.15, 0.2) is 0 Å². The average molecular weight is 278 g/mol. The summed E-state index contributed by atoms with van der Waals surface area (Å²) in [7, 11) is 0. The lowest BCUT2D eigenvalue weighted by Crippen LogP contribution is -2.09. The largest absolute Gasteiger partial charge is 0.460 e. The van der Waals surface area contributed by atoms with Crippen LogP contribution in [0.2, 0.25) is 0 Å². The number of benzene rings is 2. The van der Waals surface area contributed by atoms with Crippen LogP contribution in [0.3, 0.4) is 0 Å². The van der Waals surface area contributed by atoms with E-state index in [4.69, 9.17) is 4.42 Å². The number of carbonyl (C=O) groups is 1. The van der Waals surface area contributed by atoms with Crippen molar-refractivity contribution in [3.05, 3.63) is 72.0 Å². The third-order valence-corrected chi connectivity index (χ3v) is 3.86. The first-order chi connectivity index (χ1) is 10.2. The molecule has 3 aromatic rings. The first-order valence-corrected chi connectivity index (χ1v) is 7.29. The molecule has 0 saturated heterocycles. The Morgan fingerprint density at radius 3 is 2.52 bits per heavy atom. The Bertz CT molecular complexity index is 707. The van der Waals surface area contributed by atoms with Gasteiger partial charge in [0.05, 0.1) is 5.92 Å². The van der Waals surface area contributed by atoms with Crippen molar-refractivity contribution in [3.63, 3.8) is 0 Å². The minimum Gasteiger partial charge on any atom is -0.460 e. The number of fused-ring (bicyclic) bond motifs is 1. The van der Waals surface area contributed by atoms with Crippen molar-refractivity contribution < 1.29 is 9.21 Å². The van der Waals surface area contributed by atoms with Crippen LogP contribution in [-0.2, 0) is 11.2 Å². The number of rotatable bonds is 5. The minimum absolute atomic E-state index is 0.193. The lowest BCUT2D eigenvalue weighted by atomic mass is 9.97. The van der Waals surface area contributed by atoms with Crippen LogP contribution in [0.15, 0.2) is 65.1 Å². The molecule has 0 spiro atoms. The Balaban J connectivity index is 1.69. The third kappa shape index (κ3) is 3.05. The van der Waals surface area contributed by atoms with Gasteiger partial charge in [-0.05, 0) is 31.0 Å². The molecule has 3 rings (SSSR count). The maximum Gasteiger partial charge on any atom is 0.143 e. The van der Waals surface area contributed by atoms with E-state index >= 15 is 0 Å². The maximum absolute atomic E-state index is 12.3. The Morgan fingerprint density at radius 1 is 1.05 bits per heavy atom.